The first kappa shape index (κ1) is 9.93. The molecule has 0 saturated heterocycles. The molecule has 0 bridgehead atoms. The van der Waals surface area contributed by atoms with Gasteiger partial charge in [0, 0.05) is 14.1 Å². The van der Waals surface area contributed by atoms with Crippen molar-refractivity contribution in [2.45, 2.75) is 25.3 Å². The molecule has 0 fully saturated rings. The Morgan fingerprint density at radius 1 is 1.46 bits per heavy atom. The SMILES string of the molecule is N[C@@H]1CCCc2ccc(Br)c(I)c21. The zero-order chi connectivity index (χ0) is 9.42. The summed E-state index contributed by atoms with van der Waals surface area (Å²) >= 11 is 5.91. The van der Waals surface area contributed by atoms with E-state index in [-0.39, 0.29) is 6.04 Å². The highest BCUT2D eigenvalue weighted by Gasteiger charge is 2.20. The van der Waals surface area contributed by atoms with E-state index in [9.17, 15) is 0 Å². The first-order valence-electron chi connectivity index (χ1n) is 4.42. The minimum absolute atomic E-state index is 0.244. The molecule has 0 heterocycles. The summed E-state index contributed by atoms with van der Waals surface area (Å²) in [5, 5.41) is 0. The molecule has 13 heavy (non-hydrogen) atoms. The summed E-state index contributed by atoms with van der Waals surface area (Å²) in [6.45, 7) is 0. The minimum atomic E-state index is 0.244. The summed E-state index contributed by atoms with van der Waals surface area (Å²) in [6.07, 6.45) is 3.54. The Hall–Kier alpha value is 0.390. The van der Waals surface area contributed by atoms with Gasteiger partial charge < -0.3 is 5.73 Å². The van der Waals surface area contributed by atoms with Crippen molar-refractivity contribution in [3.8, 4) is 0 Å². The van der Waals surface area contributed by atoms with Crippen LogP contribution >= 0.6 is 38.5 Å². The standard InChI is InChI=1S/C10H11BrIN/c11-7-5-4-6-2-1-3-8(13)9(6)10(7)12/h4-5,8H,1-3,13H2/t8-/m1/s1. The van der Waals surface area contributed by atoms with E-state index in [4.69, 9.17) is 5.73 Å². The molecule has 1 aromatic rings. The summed E-state index contributed by atoms with van der Waals surface area (Å²) in [4.78, 5) is 0. The van der Waals surface area contributed by atoms with Crippen LogP contribution in [0.2, 0.25) is 0 Å². The normalized spacial score (nSPS) is 21.3. The van der Waals surface area contributed by atoms with Gasteiger partial charge in [-0.25, -0.2) is 0 Å². The van der Waals surface area contributed by atoms with Crippen LogP contribution < -0.4 is 5.73 Å². The molecule has 0 aliphatic heterocycles. The number of benzene rings is 1. The number of rotatable bonds is 0. The first-order valence-corrected chi connectivity index (χ1v) is 6.29. The van der Waals surface area contributed by atoms with Crippen LogP contribution in [0.4, 0.5) is 0 Å². The predicted octanol–water partition coefficient (Wildman–Crippen LogP) is 3.39. The van der Waals surface area contributed by atoms with Gasteiger partial charge in [0.25, 0.3) is 0 Å². The van der Waals surface area contributed by atoms with E-state index in [1.807, 2.05) is 0 Å². The average molecular weight is 352 g/mol. The number of aryl methyl sites for hydroxylation is 1. The average Bonchev–Trinajstić information content (AvgIpc) is 2.12. The molecule has 2 N–H and O–H groups in total. The summed E-state index contributed by atoms with van der Waals surface area (Å²) in [5.74, 6) is 0. The van der Waals surface area contributed by atoms with Crippen molar-refractivity contribution in [2.24, 2.45) is 5.73 Å². The molecule has 1 atom stereocenters. The molecular weight excluding hydrogens is 341 g/mol. The molecule has 0 unspecified atom stereocenters. The van der Waals surface area contributed by atoms with Crippen molar-refractivity contribution in [3.05, 3.63) is 31.3 Å². The lowest BCUT2D eigenvalue weighted by atomic mass is 9.88. The van der Waals surface area contributed by atoms with Crippen LogP contribution in [-0.2, 0) is 6.42 Å². The van der Waals surface area contributed by atoms with E-state index in [2.05, 4.69) is 50.7 Å². The Morgan fingerprint density at radius 3 is 3.00 bits per heavy atom. The third-order valence-electron chi connectivity index (χ3n) is 2.55. The van der Waals surface area contributed by atoms with Gasteiger partial charge in [-0.05, 0) is 75.0 Å². The quantitative estimate of drug-likeness (QED) is 0.712. The second-order valence-corrected chi connectivity index (χ2v) is 5.37. The third kappa shape index (κ3) is 1.78. The number of nitrogens with two attached hydrogens (primary N) is 1. The van der Waals surface area contributed by atoms with Gasteiger partial charge in [0.05, 0.1) is 0 Å². The monoisotopic (exact) mass is 351 g/mol. The molecule has 0 radical (unpaired) electrons. The van der Waals surface area contributed by atoms with Crippen molar-refractivity contribution in [1.82, 2.24) is 0 Å². The number of halogens is 2. The van der Waals surface area contributed by atoms with Crippen molar-refractivity contribution in [2.75, 3.05) is 0 Å². The van der Waals surface area contributed by atoms with Crippen LogP contribution in [0.3, 0.4) is 0 Å². The minimum Gasteiger partial charge on any atom is -0.324 e. The van der Waals surface area contributed by atoms with Gasteiger partial charge in [-0.3, -0.25) is 0 Å². The lowest BCUT2D eigenvalue weighted by Gasteiger charge is -2.24. The number of hydrogen-bond acceptors (Lipinski definition) is 1. The zero-order valence-electron chi connectivity index (χ0n) is 7.19. The van der Waals surface area contributed by atoms with Crippen molar-refractivity contribution in [3.63, 3.8) is 0 Å². The molecule has 0 saturated carbocycles. The largest absolute Gasteiger partial charge is 0.324 e. The molecule has 0 spiro atoms. The van der Waals surface area contributed by atoms with Crippen LogP contribution in [0, 0.1) is 3.57 Å². The van der Waals surface area contributed by atoms with Crippen LogP contribution in [0.1, 0.15) is 30.0 Å². The van der Waals surface area contributed by atoms with Gasteiger partial charge in [0.15, 0.2) is 0 Å². The van der Waals surface area contributed by atoms with Crippen LogP contribution in [0.15, 0.2) is 16.6 Å². The Morgan fingerprint density at radius 2 is 2.23 bits per heavy atom. The maximum Gasteiger partial charge on any atom is 0.0323 e. The van der Waals surface area contributed by atoms with Gasteiger partial charge in [-0.2, -0.15) is 0 Å². The van der Waals surface area contributed by atoms with Crippen LogP contribution in [0.25, 0.3) is 0 Å². The molecule has 3 heteroatoms. The predicted molar refractivity (Wildman–Crippen MR) is 66.7 cm³/mol. The van der Waals surface area contributed by atoms with Crippen molar-refractivity contribution in [1.29, 1.82) is 0 Å². The molecule has 1 nitrogen and oxygen atoms in total. The maximum atomic E-state index is 6.09. The fourth-order valence-electron chi connectivity index (χ4n) is 1.88. The highest BCUT2D eigenvalue weighted by molar-refractivity contribution is 14.1. The van der Waals surface area contributed by atoms with E-state index in [0.717, 1.165) is 6.42 Å². The first-order chi connectivity index (χ1) is 6.20. The number of hydrogen-bond donors (Lipinski definition) is 1. The van der Waals surface area contributed by atoms with Crippen LogP contribution in [0.5, 0.6) is 0 Å². The molecular formula is C10H11BrIN. The topological polar surface area (TPSA) is 26.0 Å². The van der Waals surface area contributed by atoms with E-state index in [1.54, 1.807) is 0 Å². The molecule has 1 aliphatic rings. The molecule has 0 amide bonds. The molecule has 70 valence electrons. The molecule has 0 aromatic heterocycles. The lowest BCUT2D eigenvalue weighted by Crippen LogP contribution is -2.18. The fraction of sp³-hybridized carbons (Fsp3) is 0.400. The van der Waals surface area contributed by atoms with Crippen molar-refractivity contribution < 1.29 is 0 Å². The summed E-state index contributed by atoms with van der Waals surface area (Å²) < 4.78 is 2.46. The molecule has 1 aromatic carbocycles. The van der Waals surface area contributed by atoms with Gasteiger partial charge in [0.1, 0.15) is 0 Å². The summed E-state index contributed by atoms with van der Waals surface area (Å²) in [6, 6.07) is 4.56. The Kier molecular flexibility index (Phi) is 2.95. The summed E-state index contributed by atoms with van der Waals surface area (Å²) in [5.41, 5.74) is 8.89. The second kappa shape index (κ2) is 3.87. The highest BCUT2D eigenvalue weighted by Crippen LogP contribution is 2.35. The van der Waals surface area contributed by atoms with E-state index in [0.29, 0.717) is 0 Å². The summed E-state index contributed by atoms with van der Waals surface area (Å²) in [7, 11) is 0. The maximum absolute atomic E-state index is 6.09. The second-order valence-electron chi connectivity index (χ2n) is 3.43. The highest BCUT2D eigenvalue weighted by atomic mass is 127. The third-order valence-corrected chi connectivity index (χ3v) is 5.12. The molecule has 1 aliphatic carbocycles. The Labute approximate surface area is 100 Å². The van der Waals surface area contributed by atoms with Gasteiger partial charge in [0.2, 0.25) is 0 Å². The van der Waals surface area contributed by atoms with Crippen LogP contribution in [-0.4, -0.2) is 0 Å². The Balaban J connectivity index is 2.58. The lowest BCUT2D eigenvalue weighted by molar-refractivity contribution is 0.567. The van der Waals surface area contributed by atoms with Crippen molar-refractivity contribution >= 4 is 38.5 Å². The number of fused-ring (bicyclic) bond motifs is 1. The molecule has 2 rings (SSSR count). The fourth-order valence-corrected chi connectivity index (χ4v) is 3.15. The zero-order valence-corrected chi connectivity index (χ0v) is 10.9. The van der Waals surface area contributed by atoms with E-state index >= 15 is 0 Å². The Bertz CT molecular complexity index is 338. The van der Waals surface area contributed by atoms with E-state index in [1.165, 1.54) is 32.0 Å². The van der Waals surface area contributed by atoms with Gasteiger partial charge in [-0.1, -0.05) is 6.07 Å². The van der Waals surface area contributed by atoms with E-state index < -0.39 is 0 Å². The van der Waals surface area contributed by atoms with Gasteiger partial charge >= 0.3 is 0 Å². The smallest absolute Gasteiger partial charge is 0.0323 e. The van der Waals surface area contributed by atoms with Gasteiger partial charge in [-0.15, -0.1) is 0 Å².